The van der Waals surface area contributed by atoms with Gasteiger partial charge in [0.15, 0.2) is 0 Å². The number of hydrogen-bond acceptors (Lipinski definition) is 3. The molecule has 1 atom stereocenters. The molecule has 0 aliphatic heterocycles. The van der Waals surface area contributed by atoms with Crippen molar-refractivity contribution in [3.63, 3.8) is 0 Å². The summed E-state index contributed by atoms with van der Waals surface area (Å²) in [6.07, 6.45) is 2.64. The summed E-state index contributed by atoms with van der Waals surface area (Å²) in [4.78, 5) is 0. The molecule has 19 heavy (non-hydrogen) atoms. The maximum Gasteiger partial charge on any atom is 0.124 e. The third kappa shape index (κ3) is 3.35. The van der Waals surface area contributed by atoms with E-state index in [9.17, 15) is 0 Å². The van der Waals surface area contributed by atoms with E-state index in [1.54, 1.807) is 6.20 Å². The summed E-state index contributed by atoms with van der Waals surface area (Å²) in [5.74, 6) is 0.886. The van der Waals surface area contributed by atoms with E-state index in [1.165, 1.54) is 5.56 Å². The minimum atomic E-state index is -0.0210. The summed E-state index contributed by atoms with van der Waals surface area (Å²) >= 11 is 0. The van der Waals surface area contributed by atoms with Crippen LogP contribution < -0.4 is 10.5 Å². The first-order valence-corrected chi connectivity index (χ1v) is 6.53. The topological polar surface area (TPSA) is 53.1 Å². The van der Waals surface area contributed by atoms with Crippen molar-refractivity contribution in [1.82, 2.24) is 9.78 Å². The van der Waals surface area contributed by atoms with Crippen LogP contribution in [0.2, 0.25) is 0 Å². The van der Waals surface area contributed by atoms with Crippen LogP contribution in [0.4, 0.5) is 0 Å². The molecule has 0 saturated carbocycles. The Labute approximate surface area is 114 Å². The second-order valence-corrected chi connectivity index (χ2v) is 4.87. The number of aromatic nitrogens is 2. The van der Waals surface area contributed by atoms with Crippen molar-refractivity contribution in [3.05, 3.63) is 47.3 Å². The summed E-state index contributed by atoms with van der Waals surface area (Å²) in [6, 6.07) is 8.13. The van der Waals surface area contributed by atoms with E-state index in [0.717, 1.165) is 23.4 Å². The first-order valence-electron chi connectivity index (χ1n) is 6.53. The van der Waals surface area contributed by atoms with Crippen LogP contribution >= 0.6 is 0 Å². The molecule has 1 aromatic heterocycles. The molecule has 2 rings (SSSR count). The third-order valence-corrected chi connectivity index (χ3v) is 3.20. The van der Waals surface area contributed by atoms with E-state index in [1.807, 2.05) is 36.9 Å². The van der Waals surface area contributed by atoms with E-state index in [2.05, 4.69) is 18.1 Å². The Morgan fingerprint density at radius 1 is 1.37 bits per heavy atom. The SMILES string of the molecule is Cc1ccc(C(C)N)c(OCCc2ccnn2C)c1. The zero-order valence-electron chi connectivity index (χ0n) is 11.8. The molecule has 4 heteroatoms. The molecule has 2 N–H and O–H groups in total. The van der Waals surface area contributed by atoms with Crippen molar-refractivity contribution >= 4 is 0 Å². The Kier molecular flexibility index (Phi) is 4.22. The van der Waals surface area contributed by atoms with E-state index in [4.69, 9.17) is 10.5 Å². The quantitative estimate of drug-likeness (QED) is 0.897. The second kappa shape index (κ2) is 5.89. The minimum absolute atomic E-state index is 0.0210. The van der Waals surface area contributed by atoms with Crippen molar-refractivity contribution < 1.29 is 4.74 Å². The molecule has 102 valence electrons. The van der Waals surface area contributed by atoms with Gasteiger partial charge >= 0.3 is 0 Å². The van der Waals surface area contributed by atoms with E-state index >= 15 is 0 Å². The summed E-state index contributed by atoms with van der Waals surface area (Å²) in [7, 11) is 1.94. The summed E-state index contributed by atoms with van der Waals surface area (Å²) in [6.45, 7) is 4.65. The molecule has 4 nitrogen and oxygen atoms in total. The number of ether oxygens (including phenoxy) is 1. The Bertz CT molecular complexity index is 546. The van der Waals surface area contributed by atoms with Gasteiger partial charge in [-0.2, -0.15) is 5.10 Å². The van der Waals surface area contributed by atoms with Crippen molar-refractivity contribution in [2.24, 2.45) is 12.8 Å². The molecule has 0 bridgehead atoms. The number of rotatable bonds is 5. The maximum atomic E-state index is 5.96. The summed E-state index contributed by atoms with van der Waals surface area (Å²) in [5, 5.41) is 4.14. The molecule has 0 fully saturated rings. The van der Waals surface area contributed by atoms with Gasteiger partial charge < -0.3 is 10.5 Å². The molecule has 1 unspecified atom stereocenters. The molecule has 0 amide bonds. The standard InChI is InChI=1S/C15H21N3O/c1-11-4-5-14(12(2)16)15(10-11)19-9-7-13-6-8-17-18(13)3/h4-6,8,10,12H,7,9,16H2,1-3H3. The molecular formula is C15H21N3O. The van der Waals surface area contributed by atoms with Crippen LogP contribution in [0.25, 0.3) is 0 Å². The molecule has 2 aromatic rings. The Balaban J connectivity index is 2.03. The Morgan fingerprint density at radius 2 is 2.16 bits per heavy atom. The molecule has 0 radical (unpaired) electrons. The van der Waals surface area contributed by atoms with Gasteiger partial charge in [0.1, 0.15) is 5.75 Å². The van der Waals surface area contributed by atoms with Gasteiger partial charge in [-0.1, -0.05) is 12.1 Å². The van der Waals surface area contributed by atoms with Gasteiger partial charge in [-0.25, -0.2) is 0 Å². The fourth-order valence-corrected chi connectivity index (χ4v) is 2.05. The van der Waals surface area contributed by atoms with Crippen LogP contribution in [0.5, 0.6) is 5.75 Å². The van der Waals surface area contributed by atoms with Crippen molar-refractivity contribution in [3.8, 4) is 5.75 Å². The zero-order valence-corrected chi connectivity index (χ0v) is 11.8. The zero-order chi connectivity index (χ0) is 13.8. The molecular weight excluding hydrogens is 238 g/mol. The van der Waals surface area contributed by atoms with Gasteiger partial charge in [0.25, 0.3) is 0 Å². The molecule has 0 saturated heterocycles. The van der Waals surface area contributed by atoms with E-state index in [-0.39, 0.29) is 6.04 Å². The van der Waals surface area contributed by atoms with Crippen molar-refractivity contribution in [2.75, 3.05) is 6.61 Å². The summed E-state index contributed by atoms with van der Waals surface area (Å²) in [5.41, 5.74) is 9.35. The first-order chi connectivity index (χ1) is 9.08. The maximum absolute atomic E-state index is 5.96. The third-order valence-electron chi connectivity index (χ3n) is 3.20. The van der Waals surface area contributed by atoms with Crippen molar-refractivity contribution in [1.29, 1.82) is 0 Å². The predicted octanol–water partition coefficient (Wildman–Crippen LogP) is 2.37. The van der Waals surface area contributed by atoms with Crippen LogP contribution in [0.3, 0.4) is 0 Å². The highest BCUT2D eigenvalue weighted by molar-refractivity contribution is 5.38. The number of nitrogens with zero attached hydrogens (tertiary/aromatic N) is 2. The lowest BCUT2D eigenvalue weighted by Gasteiger charge is -2.14. The molecule has 1 aromatic carbocycles. The molecule has 1 heterocycles. The number of aryl methyl sites for hydroxylation is 2. The monoisotopic (exact) mass is 259 g/mol. The highest BCUT2D eigenvalue weighted by Gasteiger charge is 2.08. The Hall–Kier alpha value is -1.81. The van der Waals surface area contributed by atoms with Gasteiger partial charge in [0, 0.05) is 37.0 Å². The first kappa shape index (κ1) is 13.6. The van der Waals surface area contributed by atoms with Crippen LogP contribution in [0, 0.1) is 6.92 Å². The number of nitrogens with two attached hydrogens (primary N) is 1. The van der Waals surface area contributed by atoms with E-state index < -0.39 is 0 Å². The van der Waals surface area contributed by atoms with Gasteiger partial charge in [0.05, 0.1) is 6.61 Å². The van der Waals surface area contributed by atoms with Crippen LogP contribution in [0.15, 0.2) is 30.5 Å². The average Bonchev–Trinajstić information content (AvgIpc) is 2.75. The normalized spacial score (nSPS) is 12.4. The largest absolute Gasteiger partial charge is 0.493 e. The van der Waals surface area contributed by atoms with Gasteiger partial charge in [-0.05, 0) is 31.5 Å². The lowest BCUT2D eigenvalue weighted by atomic mass is 10.1. The molecule has 0 aliphatic carbocycles. The second-order valence-electron chi connectivity index (χ2n) is 4.87. The van der Waals surface area contributed by atoms with Gasteiger partial charge in [-0.15, -0.1) is 0 Å². The summed E-state index contributed by atoms with van der Waals surface area (Å²) < 4.78 is 7.75. The highest BCUT2D eigenvalue weighted by Crippen LogP contribution is 2.25. The smallest absolute Gasteiger partial charge is 0.124 e. The molecule has 0 aliphatic rings. The van der Waals surface area contributed by atoms with Crippen LogP contribution in [0.1, 0.15) is 29.8 Å². The minimum Gasteiger partial charge on any atom is -0.493 e. The highest BCUT2D eigenvalue weighted by atomic mass is 16.5. The fraction of sp³-hybridized carbons (Fsp3) is 0.400. The number of benzene rings is 1. The number of hydrogen-bond donors (Lipinski definition) is 1. The van der Waals surface area contributed by atoms with Crippen molar-refractivity contribution in [2.45, 2.75) is 26.3 Å². The lowest BCUT2D eigenvalue weighted by Crippen LogP contribution is -2.11. The lowest BCUT2D eigenvalue weighted by molar-refractivity contribution is 0.313. The van der Waals surface area contributed by atoms with E-state index in [0.29, 0.717) is 6.61 Å². The van der Waals surface area contributed by atoms with Crippen LogP contribution in [-0.4, -0.2) is 16.4 Å². The van der Waals surface area contributed by atoms with Gasteiger partial charge in [-0.3, -0.25) is 4.68 Å². The average molecular weight is 259 g/mol. The van der Waals surface area contributed by atoms with Crippen LogP contribution in [-0.2, 0) is 13.5 Å². The van der Waals surface area contributed by atoms with Gasteiger partial charge in [0.2, 0.25) is 0 Å². The molecule has 0 spiro atoms. The Morgan fingerprint density at radius 3 is 2.79 bits per heavy atom. The fourth-order valence-electron chi connectivity index (χ4n) is 2.05. The predicted molar refractivity (Wildman–Crippen MR) is 76.2 cm³/mol.